The molecule has 2 nitrogen and oxygen atoms in total. The second kappa shape index (κ2) is 4.47. The van der Waals surface area contributed by atoms with Gasteiger partial charge in [-0.3, -0.25) is 0 Å². The number of halogens is 2. The van der Waals surface area contributed by atoms with Crippen LogP contribution in [0.2, 0.25) is 0 Å². The lowest BCUT2D eigenvalue weighted by atomic mass is 10.0. The average Bonchev–Trinajstić information content (AvgIpc) is 2.26. The third-order valence-corrected chi connectivity index (χ3v) is 3.02. The molecule has 2 rings (SSSR count). The predicted octanol–water partition coefficient (Wildman–Crippen LogP) is 2.40. The fraction of sp³-hybridized carbons (Fsp3) is 0.500. The molecule has 0 aliphatic carbocycles. The molecule has 1 fully saturated rings. The molecule has 0 saturated carbocycles. The van der Waals surface area contributed by atoms with Gasteiger partial charge in [-0.05, 0) is 31.5 Å². The SMILES string of the molecule is CC1NCC(c2ccc(F)c(F)c2)OC1C. The Morgan fingerprint density at radius 2 is 2.00 bits per heavy atom. The van der Waals surface area contributed by atoms with E-state index in [2.05, 4.69) is 5.32 Å². The van der Waals surface area contributed by atoms with E-state index >= 15 is 0 Å². The largest absolute Gasteiger partial charge is 0.368 e. The number of hydrogen-bond donors (Lipinski definition) is 1. The van der Waals surface area contributed by atoms with Gasteiger partial charge in [0.25, 0.3) is 0 Å². The third-order valence-electron chi connectivity index (χ3n) is 3.02. The average molecular weight is 227 g/mol. The second-order valence-corrected chi connectivity index (χ2v) is 4.20. The molecule has 3 atom stereocenters. The lowest BCUT2D eigenvalue weighted by Crippen LogP contribution is -2.46. The van der Waals surface area contributed by atoms with Crippen LogP contribution in [-0.4, -0.2) is 18.7 Å². The van der Waals surface area contributed by atoms with Gasteiger partial charge in [0.1, 0.15) is 0 Å². The summed E-state index contributed by atoms with van der Waals surface area (Å²) in [5, 5.41) is 3.27. The van der Waals surface area contributed by atoms with Gasteiger partial charge in [-0.15, -0.1) is 0 Å². The summed E-state index contributed by atoms with van der Waals surface area (Å²) < 4.78 is 31.6. The van der Waals surface area contributed by atoms with Gasteiger partial charge in [-0.1, -0.05) is 6.07 Å². The van der Waals surface area contributed by atoms with E-state index in [9.17, 15) is 8.78 Å². The van der Waals surface area contributed by atoms with Gasteiger partial charge in [0, 0.05) is 12.6 Å². The highest BCUT2D eigenvalue weighted by Crippen LogP contribution is 2.24. The van der Waals surface area contributed by atoms with E-state index in [1.807, 2.05) is 13.8 Å². The van der Waals surface area contributed by atoms with Crippen molar-refractivity contribution in [2.45, 2.75) is 32.1 Å². The number of ether oxygens (including phenoxy) is 1. The fourth-order valence-corrected chi connectivity index (χ4v) is 1.79. The Hall–Kier alpha value is -1.00. The van der Waals surface area contributed by atoms with Crippen molar-refractivity contribution in [1.29, 1.82) is 0 Å². The van der Waals surface area contributed by atoms with Crippen LogP contribution in [0, 0.1) is 11.6 Å². The van der Waals surface area contributed by atoms with Crippen LogP contribution in [0.15, 0.2) is 18.2 Å². The molecule has 0 aromatic heterocycles. The van der Waals surface area contributed by atoms with Crippen LogP contribution < -0.4 is 5.32 Å². The van der Waals surface area contributed by atoms with Gasteiger partial charge in [0.05, 0.1) is 12.2 Å². The second-order valence-electron chi connectivity index (χ2n) is 4.20. The highest BCUT2D eigenvalue weighted by molar-refractivity contribution is 5.21. The van der Waals surface area contributed by atoms with Gasteiger partial charge >= 0.3 is 0 Å². The van der Waals surface area contributed by atoms with E-state index in [0.717, 1.165) is 6.07 Å². The minimum atomic E-state index is -0.827. The van der Waals surface area contributed by atoms with Gasteiger partial charge in [0.2, 0.25) is 0 Å². The molecule has 1 aliphatic rings. The van der Waals surface area contributed by atoms with Crippen LogP contribution >= 0.6 is 0 Å². The molecule has 1 aromatic rings. The van der Waals surface area contributed by atoms with E-state index in [1.165, 1.54) is 6.07 Å². The van der Waals surface area contributed by atoms with Crippen molar-refractivity contribution in [3.05, 3.63) is 35.4 Å². The van der Waals surface area contributed by atoms with E-state index in [1.54, 1.807) is 6.07 Å². The molecule has 3 unspecified atom stereocenters. The topological polar surface area (TPSA) is 21.3 Å². The summed E-state index contributed by atoms with van der Waals surface area (Å²) >= 11 is 0. The van der Waals surface area contributed by atoms with Crippen LogP contribution in [0.4, 0.5) is 8.78 Å². The summed E-state index contributed by atoms with van der Waals surface area (Å²) in [7, 11) is 0. The van der Waals surface area contributed by atoms with Gasteiger partial charge < -0.3 is 10.1 Å². The maximum atomic E-state index is 13.1. The van der Waals surface area contributed by atoms with Crippen molar-refractivity contribution in [3.63, 3.8) is 0 Å². The highest BCUT2D eigenvalue weighted by Gasteiger charge is 2.26. The van der Waals surface area contributed by atoms with Crippen molar-refractivity contribution < 1.29 is 13.5 Å². The quantitative estimate of drug-likeness (QED) is 0.795. The normalized spacial score (nSPS) is 30.4. The van der Waals surface area contributed by atoms with Crippen molar-refractivity contribution >= 4 is 0 Å². The molecule has 1 saturated heterocycles. The van der Waals surface area contributed by atoms with Crippen LogP contribution in [0.25, 0.3) is 0 Å². The first-order valence-electron chi connectivity index (χ1n) is 5.41. The zero-order valence-corrected chi connectivity index (χ0v) is 9.34. The summed E-state index contributed by atoms with van der Waals surface area (Å²) in [5.41, 5.74) is 0.671. The molecule has 4 heteroatoms. The zero-order valence-electron chi connectivity index (χ0n) is 9.34. The molecule has 1 N–H and O–H groups in total. The maximum absolute atomic E-state index is 13.1. The minimum absolute atomic E-state index is 0.0619. The first-order chi connectivity index (χ1) is 7.58. The minimum Gasteiger partial charge on any atom is -0.368 e. The number of rotatable bonds is 1. The number of benzene rings is 1. The molecule has 0 amide bonds. The molecule has 1 aliphatic heterocycles. The van der Waals surface area contributed by atoms with Crippen LogP contribution in [0.1, 0.15) is 25.5 Å². The summed E-state index contributed by atoms with van der Waals surface area (Å²) in [5.74, 6) is -1.65. The monoisotopic (exact) mass is 227 g/mol. The number of nitrogens with one attached hydrogen (secondary N) is 1. The van der Waals surface area contributed by atoms with Crippen molar-refractivity contribution in [2.24, 2.45) is 0 Å². The molecule has 0 radical (unpaired) electrons. The molecule has 0 spiro atoms. The van der Waals surface area contributed by atoms with Gasteiger partial charge in [-0.25, -0.2) is 8.78 Å². The lowest BCUT2D eigenvalue weighted by molar-refractivity contribution is -0.0510. The van der Waals surface area contributed by atoms with Gasteiger partial charge in [-0.2, -0.15) is 0 Å². The van der Waals surface area contributed by atoms with Crippen LogP contribution in [-0.2, 0) is 4.74 Å². The molecular weight excluding hydrogens is 212 g/mol. The Kier molecular flexibility index (Phi) is 3.21. The third kappa shape index (κ3) is 2.23. The van der Waals surface area contributed by atoms with Crippen LogP contribution in [0.5, 0.6) is 0 Å². The first kappa shape index (κ1) is 11.5. The number of morpholine rings is 1. The summed E-state index contributed by atoms with van der Waals surface area (Å²) in [6.07, 6.45) is -0.145. The van der Waals surface area contributed by atoms with Crippen molar-refractivity contribution in [2.75, 3.05) is 6.54 Å². The molecule has 0 bridgehead atoms. The smallest absolute Gasteiger partial charge is 0.159 e. The lowest BCUT2D eigenvalue weighted by Gasteiger charge is -2.34. The predicted molar refractivity (Wildman–Crippen MR) is 57.1 cm³/mol. The molecule has 88 valence electrons. The van der Waals surface area contributed by atoms with Crippen molar-refractivity contribution in [1.82, 2.24) is 5.32 Å². The summed E-state index contributed by atoms with van der Waals surface area (Å²) in [6.45, 7) is 4.62. The molecular formula is C12H15F2NO. The molecule has 1 aromatic carbocycles. The first-order valence-corrected chi connectivity index (χ1v) is 5.41. The van der Waals surface area contributed by atoms with Gasteiger partial charge in [0.15, 0.2) is 11.6 Å². The Balaban J connectivity index is 2.15. The van der Waals surface area contributed by atoms with E-state index in [0.29, 0.717) is 12.1 Å². The Labute approximate surface area is 93.6 Å². The van der Waals surface area contributed by atoms with E-state index in [-0.39, 0.29) is 18.2 Å². The standard InChI is InChI=1S/C12H15F2NO/c1-7-8(2)16-12(6-15-7)9-3-4-10(13)11(14)5-9/h3-5,7-8,12,15H,6H2,1-2H3. The Bertz CT molecular complexity index is 383. The fourth-order valence-electron chi connectivity index (χ4n) is 1.79. The zero-order chi connectivity index (χ0) is 11.7. The van der Waals surface area contributed by atoms with E-state index < -0.39 is 11.6 Å². The number of hydrogen-bond acceptors (Lipinski definition) is 2. The Morgan fingerprint density at radius 3 is 2.62 bits per heavy atom. The van der Waals surface area contributed by atoms with Crippen molar-refractivity contribution in [3.8, 4) is 0 Å². The van der Waals surface area contributed by atoms with E-state index in [4.69, 9.17) is 4.74 Å². The molecule has 1 heterocycles. The summed E-state index contributed by atoms with van der Waals surface area (Å²) in [6, 6.07) is 4.18. The van der Waals surface area contributed by atoms with Crippen LogP contribution in [0.3, 0.4) is 0 Å². The highest BCUT2D eigenvalue weighted by atomic mass is 19.2. The Morgan fingerprint density at radius 1 is 1.25 bits per heavy atom. The maximum Gasteiger partial charge on any atom is 0.159 e. The summed E-state index contributed by atoms with van der Waals surface area (Å²) in [4.78, 5) is 0. The molecule has 16 heavy (non-hydrogen) atoms.